The van der Waals surface area contributed by atoms with Gasteiger partial charge in [-0.15, -0.1) is 11.3 Å². The van der Waals surface area contributed by atoms with Crippen LogP contribution in [0.15, 0.2) is 65.8 Å². The Morgan fingerprint density at radius 2 is 1.88 bits per heavy atom. The molecule has 0 radical (unpaired) electrons. The van der Waals surface area contributed by atoms with Crippen molar-refractivity contribution in [2.45, 2.75) is 18.4 Å². The lowest BCUT2D eigenvalue weighted by molar-refractivity contribution is 0.102. The molecule has 0 spiro atoms. The highest BCUT2D eigenvalue weighted by molar-refractivity contribution is 7.89. The van der Waals surface area contributed by atoms with Gasteiger partial charge in [-0.1, -0.05) is 24.3 Å². The third-order valence-corrected chi connectivity index (χ3v) is 7.00. The summed E-state index contributed by atoms with van der Waals surface area (Å²) in [5.74, 6) is -0.0321. The zero-order valence-corrected chi connectivity index (χ0v) is 16.0. The summed E-state index contributed by atoms with van der Waals surface area (Å²) in [7, 11) is -2.15. The number of aromatic nitrogens is 1. The van der Waals surface area contributed by atoms with Gasteiger partial charge in [-0.05, 0) is 36.8 Å². The molecule has 3 rings (SSSR count). The van der Waals surface area contributed by atoms with Crippen LogP contribution in [-0.2, 0) is 16.6 Å². The van der Waals surface area contributed by atoms with Gasteiger partial charge < -0.3 is 0 Å². The maximum absolute atomic E-state index is 13.1. The number of sulfonamides is 1. The fourth-order valence-electron chi connectivity index (χ4n) is 2.57. The summed E-state index contributed by atoms with van der Waals surface area (Å²) in [4.78, 5) is 17.2. The van der Waals surface area contributed by atoms with Crippen LogP contribution in [0.4, 0.5) is 0 Å². The van der Waals surface area contributed by atoms with Crippen LogP contribution in [0.2, 0.25) is 0 Å². The first-order valence-electron chi connectivity index (χ1n) is 7.95. The average Bonchev–Trinajstić information content (AvgIpc) is 3.13. The summed E-state index contributed by atoms with van der Waals surface area (Å²) in [5.41, 5.74) is 1.41. The molecule has 2 aromatic heterocycles. The van der Waals surface area contributed by atoms with Gasteiger partial charge in [0.15, 0.2) is 5.78 Å². The summed E-state index contributed by atoms with van der Waals surface area (Å²) in [5, 5.41) is 0. The molecule has 5 nitrogen and oxygen atoms in total. The minimum Gasteiger partial charge on any atom is -0.294 e. The Balaban J connectivity index is 1.98. The number of hydrogen-bond acceptors (Lipinski definition) is 5. The number of carbonyl (C=O) groups excluding carboxylic acids is 1. The summed E-state index contributed by atoms with van der Waals surface area (Å²) in [6.07, 6.45) is 3.30. The van der Waals surface area contributed by atoms with E-state index in [2.05, 4.69) is 4.98 Å². The molecule has 0 amide bonds. The zero-order valence-electron chi connectivity index (χ0n) is 14.4. The van der Waals surface area contributed by atoms with Gasteiger partial charge in [0.25, 0.3) is 0 Å². The summed E-state index contributed by atoms with van der Waals surface area (Å²) in [6, 6.07) is 14.0. The summed E-state index contributed by atoms with van der Waals surface area (Å²) < 4.78 is 27.5. The molecule has 0 bridgehead atoms. The van der Waals surface area contributed by atoms with Gasteiger partial charge in [0, 0.05) is 36.4 Å². The first-order chi connectivity index (χ1) is 12.4. The highest BCUT2D eigenvalue weighted by atomic mass is 32.2. The van der Waals surface area contributed by atoms with Gasteiger partial charge in [-0.2, -0.15) is 4.31 Å². The smallest absolute Gasteiger partial charge is 0.243 e. The molecule has 7 heteroatoms. The lowest BCUT2D eigenvalue weighted by Gasteiger charge is -2.19. The Morgan fingerprint density at radius 3 is 2.54 bits per heavy atom. The van der Waals surface area contributed by atoms with Crippen molar-refractivity contribution in [3.05, 3.63) is 71.4 Å². The molecular weight excluding hydrogens is 368 g/mol. The molecule has 0 unspecified atom stereocenters. The fraction of sp³-hybridized carbons (Fsp3) is 0.158. The second-order valence-electron chi connectivity index (χ2n) is 5.84. The van der Waals surface area contributed by atoms with E-state index in [1.807, 2.05) is 6.07 Å². The molecule has 0 aliphatic carbocycles. The number of pyridine rings is 1. The molecule has 0 saturated heterocycles. The fourth-order valence-corrected chi connectivity index (χ4v) is 4.94. The standard InChI is InChI=1S/C19H18N2O3S2/c1-14(22)17-9-10-18(25-17)16-7-3-4-8-19(16)26(23,24)21(2)13-15-6-5-11-20-12-15/h3-12H,13H2,1-2H3. The number of carbonyl (C=O) groups is 1. The van der Waals surface area contributed by atoms with Crippen LogP contribution < -0.4 is 0 Å². The van der Waals surface area contributed by atoms with E-state index < -0.39 is 10.0 Å². The molecule has 0 aliphatic rings. The van der Waals surface area contributed by atoms with E-state index in [4.69, 9.17) is 0 Å². The van der Waals surface area contributed by atoms with Crippen molar-refractivity contribution < 1.29 is 13.2 Å². The molecule has 1 aromatic carbocycles. The lowest BCUT2D eigenvalue weighted by atomic mass is 10.2. The van der Waals surface area contributed by atoms with Gasteiger partial charge >= 0.3 is 0 Å². The van der Waals surface area contributed by atoms with E-state index >= 15 is 0 Å². The summed E-state index contributed by atoms with van der Waals surface area (Å²) in [6.45, 7) is 1.73. The van der Waals surface area contributed by atoms with E-state index in [0.29, 0.717) is 10.4 Å². The molecule has 2 heterocycles. The van der Waals surface area contributed by atoms with Crippen LogP contribution in [-0.4, -0.2) is 30.5 Å². The highest BCUT2D eigenvalue weighted by Gasteiger charge is 2.25. The largest absolute Gasteiger partial charge is 0.294 e. The Bertz CT molecular complexity index is 1030. The van der Waals surface area contributed by atoms with Crippen molar-refractivity contribution in [1.29, 1.82) is 0 Å². The highest BCUT2D eigenvalue weighted by Crippen LogP contribution is 2.34. The lowest BCUT2D eigenvalue weighted by Crippen LogP contribution is -2.27. The van der Waals surface area contributed by atoms with Crippen molar-refractivity contribution in [2.24, 2.45) is 0 Å². The quantitative estimate of drug-likeness (QED) is 0.604. The van der Waals surface area contributed by atoms with Crippen molar-refractivity contribution in [2.75, 3.05) is 7.05 Å². The van der Waals surface area contributed by atoms with Crippen molar-refractivity contribution in [3.8, 4) is 10.4 Å². The van der Waals surface area contributed by atoms with Crippen LogP contribution >= 0.6 is 11.3 Å². The van der Waals surface area contributed by atoms with Crippen molar-refractivity contribution >= 4 is 27.1 Å². The van der Waals surface area contributed by atoms with E-state index in [1.165, 1.54) is 22.6 Å². The molecular formula is C19H18N2O3S2. The van der Waals surface area contributed by atoms with Gasteiger partial charge in [0.05, 0.1) is 9.77 Å². The van der Waals surface area contributed by atoms with Crippen molar-refractivity contribution in [3.63, 3.8) is 0 Å². The Kier molecular flexibility index (Phi) is 5.31. The topological polar surface area (TPSA) is 67.3 Å². The van der Waals surface area contributed by atoms with Gasteiger partial charge in [0.2, 0.25) is 10.0 Å². The molecule has 26 heavy (non-hydrogen) atoms. The maximum atomic E-state index is 13.1. The van der Waals surface area contributed by atoms with Crippen LogP contribution in [0, 0.1) is 0 Å². The number of hydrogen-bond donors (Lipinski definition) is 0. The first-order valence-corrected chi connectivity index (χ1v) is 10.2. The van der Waals surface area contributed by atoms with Gasteiger partial charge in [-0.3, -0.25) is 9.78 Å². The maximum Gasteiger partial charge on any atom is 0.243 e. The third-order valence-electron chi connectivity index (χ3n) is 3.92. The second kappa shape index (κ2) is 7.49. The minimum absolute atomic E-state index is 0.0321. The monoisotopic (exact) mass is 386 g/mol. The third kappa shape index (κ3) is 3.75. The Hall–Kier alpha value is -2.35. The molecule has 0 atom stereocenters. The van der Waals surface area contributed by atoms with E-state index in [1.54, 1.807) is 61.9 Å². The van der Waals surface area contributed by atoms with Crippen molar-refractivity contribution in [1.82, 2.24) is 9.29 Å². The molecule has 134 valence electrons. The van der Waals surface area contributed by atoms with Crippen LogP contribution in [0.3, 0.4) is 0 Å². The Morgan fingerprint density at radius 1 is 1.12 bits per heavy atom. The zero-order chi connectivity index (χ0) is 18.7. The number of rotatable bonds is 6. The predicted molar refractivity (Wildman–Crippen MR) is 103 cm³/mol. The molecule has 0 saturated carbocycles. The number of nitrogens with zero attached hydrogens (tertiary/aromatic N) is 2. The summed E-state index contributed by atoms with van der Waals surface area (Å²) >= 11 is 1.30. The molecule has 3 aromatic rings. The number of thiophene rings is 1. The second-order valence-corrected chi connectivity index (χ2v) is 8.94. The number of Topliss-reactive ketones (excluding diaryl/α,β-unsaturated/α-hetero) is 1. The molecule has 0 N–H and O–H groups in total. The van der Waals surface area contributed by atoms with E-state index in [0.717, 1.165) is 10.4 Å². The van der Waals surface area contributed by atoms with Crippen LogP contribution in [0.1, 0.15) is 22.2 Å². The minimum atomic E-state index is -3.70. The number of benzene rings is 1. The Labute approximate surface area is 157 Å². The first kappa shape index (κ1) is 18.4. The van der Waals surface area contributed by atoms with Crippen LogP contribution in [0.25, 0.3) is 10.4 Å². The van der Waals surface area contributed by atoms with Gasteiger partial charge in [0.1, 0.15) is 0 Å². The molecule has 0 aliphatic heterocycles. The van der Waals surface area contributed by atoms with Gasteiger partial charge in [-0.25, -0.2) is 8.42 Å². The van der Waals surface area contributed by atoms with E-state index in [9.17, 15) is 13.2 Å². The van der Waals surface area contributed by atoms with Crippen LogP contribution in [0.5, 0.6) is 0 Å². The normalized spacial score (nSPS) is 11.7. The predicted octanol–water partition coefficient (Wildman–Crippen LogP) is 3.83. The van der Waals surface area contributed by atoms with E-state index in [-0.39, 0.29) is 17.2 Å². The average molecular weight is 386 g/mol. The number of ketones is 1. The molecule has 0 fully saturated rings. The SMILES string of the molecule is CC(=O)c1ccc(-c2ccccc2S(=O)(=O)N(C)Cc2cccnc2)s1.